The number of hydrogen-bond acceptors (Lipinski definition) is 2. The number of anilines is 1. The van der Waals surface area contributed by atoms with E-state index < -0.39 is 0 Å². The Kier molecular flexibility index (Phi) is 6.01. The van der Waals surface area contributed by atoms with Crippen molar-refractivity contribution in [2.75, 3.05) is 12.4 Å². The topological polar surface area (TPSA) is 38.3 Å². The first-order valence-corrected chi connectivity index (χ1v) is 8.06. The number of aryl methyl sites for hydroxylation is 2. The quantitative estimate of drug-likeness (QED) is 0.807. The van der Waals surface area contributed by atoms with Crippen molar-refractivity contribution in [3.8, 4) is 5.75 Å². The third-order valence-electron chi connectivity index (χ3n) is 3.47. The Bertz CT molecular complexity index is 638. The normalized spacial score (nSPS) is 10.3. The summed E-state index contributed by atoms with van der Waals surface area (Å²) in [5.74, 6) is 0.905. The van der Waals surface area contributed by atoms with Crippen molar-refractivity contribution < 1.29 is 9.53 Å². The molecule has 1 amide bonds. The molecule has 0 fully saturated rings. The van der Waals surface area contributed by atoms with Gasteiger partial charge in [0.25, 0.3) is 0 Å². The molecule has 0 bridgehead atoms. The molecule has 0 unspecified atom stereocenters. The molecule has 2 aromatic rings. The largest absolute Gasteiger partial charge is 0.497 e. The van der Waals surface area contributed by atoms with Crippen LogP contribution in [0.5, 0.6) is 5.75 Å². The van der Waals surface area contributed by atoms with Crippen molar-refractivity contribution in [1.82, 2.24) is 0 Å². The summed E-state index contributed by atoms with van der Waals surface area (Å²) in [5, 5.41) is 2.93. The van der Waals surface area contributed by atoms with E-state index in [1.807, 2.05) is 49.4 Å². The molecule has 1 N–H and O–H groups in total. The molecule has 0 heterocycles. The average molecular weight is 362 g/mol. The maximum absolute atomic E-state index is 12.0. The number of hydrogen-bond donors (Lipinski definition) is 1. The number of amides is 1. The van der Waals surface area contributed by atoms with Crippen LogP contribution in [0.1, 0.15) is 24.0 Å². The number of benzene rings is 2. The summed E-state index contributed by atoms with van der Waals surface area (Å²) < 4.78 is 6.18. The Labute approximate surface area is 139 Å². The highest BCUT2D eigenvalue weighted by Crippen LogP contribution is 2.20. The number of nitrogens with one attached hydrogen (secondary N) is 1. The molecule has 0 aromatic heterocycles. The van der Waals surface area contributed by atoms with Crippen LogP contribution in [0, 0.1) is 6.92 Å². The summed E-state index contributed by atoms with van der Waals surface area (Å²) in [5.41, 5.74) is 3.17. The van der Waals surface area contributed by atoms with Crippen LogP contribution < -0.4 is 10.1 Å². The zero-order valence-corrected chi connectivity index (χ0v) is 14.4. The number of halogens is 1. The Morgan fingerprint density at radius 3 is 2.55 bits per heavy atom. The maximum atomic E-state index is 12.0. The van der Waals surface area contributed by atoms with E-state index in [-0.39, 0.29) is 5.91 Å². The number of carbonyl (C=O) groups excluding carboxylic acids is 1. The van der Waals surface area contributed by atoms with Crippen LogP contribution in [0.3, 0.4) is 0 Å². The Hall–Kier alpha value is -1.81. The molecule has 0 atom stereocenters. The zero-order chi connectivity index (χ0) is 15.9. The van der Waals surface area contributed by atoms with E-state index in [2.05, 4.69) is 21.2 Å². The van der Waals surface area contributed by atoms with Gasteiger partial charge in [0.2, 0.25) is 5.91 Å². The van der Waals surface area contributed by atoms with Crippen LogP contribution in [0.25, 0.3) is 0 Å². The van der Waals surface area contributed by atoms with Gasteiger partial charge in [0.05, 0.1) is 7.11 Å². The van der Waals surface area contributed by atoms with Crippen molar-refractivity contribution in [3.05, 3.63) is 58.1 Å². The molecular formula is C18H20BrNO2. The van der Waals surface area contributed by atoms with Gasteiger partial charge in [-0.15, -0.1) is 0 Å². The monoisotopic (exact) mass is 361 g/mol. The van der Waals surface area contributed by atoms with Crippen LogP contribution >= 0.6 is 15.9 Å². The molecule has 2 aromatic carbocycles. The fourth-order valence-electron chi connectivity index (χ4n) is 2.19. The van der Waals surface area contributed by atoms with Gasteiger partial charge in [-0.25, -0.2) is 0 Å². The van der Waals surface area contributed by atoms with Crippen LogP contribution in [-0.4, -0.2) is 13.0 Å². The third-order valence-corrected chi connectivity index (χ3v) is 4.36. The Morgan fingerprint density at radius 1 is 1.18 bits per heavy atom. The van der Waals surface area contributed by atoms with Crippen molar-refractivity contribution in [1.29, 1.82) is 0 Å². The lowest BCUT2D eigenvalue weighted by molar-refractivity contribution is -0.116. The van der Waals surface area contributed by atoms with E-state index in [9.17, 15) is 4.79 Å². The van der Waals surface area contributed by atoms with Crippen LogP contribution in [0.2, 0.25) is 0 Å². The highest BCUT2D eigenvalue weighted by molar-refractivity contribution is 9.10. The molecule has 3 nitrogen and oxygen atoms in total. The minimum absolute atomic E-state index is 0.0511. The van der Waals surface area contributed by atoms with E-state index in [4.69, 9.17) is 4.74 Å². The summed E-state index contributed by atoms with van der Waals surface area (Å²) >= 11 is 3.45. The lowest BCUT2D eigenvalue weighted by Gasteiger charge is -2.07. The summed E-state index contributed by atoms with van der Waals surface area (Å²) in [6.07, 6.45) is 2.23. The van der Waals surface area contributed by atoms with Gasteiger partial charge in [-0.1, -0.05) is 28.1 Å². The predicted octanol–water partition coefficient (Wildman–Crippen LogP) is 4.73. The number of carbonyl (C=O) groups is 1. The number of ether oxygens (including phenoxy) is 1. The lowest BCUT2D eigenvalue weighted by atomic mass is 10.1. The van der Waals surface area contributed by atoms with Crippen molar-refractivity contribution in [2.45, 2.75) is 26.2 Å². The first-order valence-electron chi connectivity index (χ1n) is 7.27. The van der Waals surface area contributed by atoms with Gasteiger partial charge in [0, 0.05) is 16.6 Å². The molecule has 0 spiro atoms. The second-order valence-electron chi connectivity index (χ2n) is 5.21. The molecule has 2 rings (SSSR count). The molecular weight excluding hydrogens is 342 g/mol. The van der Waals surface area contributed by atoms with Gasteiger partial charge in [-0.3, -0.25) is 4.79 Å². The van der Waals surface area contributed by atoms with Crippen LogP contribution in [0.15, 0.2) is 46.9 Å². The molecule has 116 valence electrons. The van der Waals surface area contributed by atoms with Crippen LogP contribution in [0.4, 0.5) is 5.69 Å². The molecule has 0 aliphatic rings. The second kappa shape index (κ2) is 7.99. The second-order valence-corrected chi connectivity index (χ2v) is 6.07. The van der Waals surface area contributed by atoms with E-state index >= 15 is 0 Å². The number of methoxy groups -OCH3 is 1. The summed E-state index contributed by atoms with van der Waals surface area (Å²) in [6.45, 7) is 2.00. The molecule has 0 aliphatic carbocycles. The van der Waals surface area contributed by atoms with Gasteiger partial charge in [0.15, 0.2) is 0 Å². The predicted molar refractivity (Wildman–Crippen MR) is 93.4 cm³/mol. The average Bonchev–Trinajstić information content (AvgIpc) is 2.51. The smallest absolute Gasteiger partial charge is 0.224 e. The highest BCUT2D eigenvalue weighted by atomic mass is 79.9. The van der Waals surface area contributed by atoms with Gasteiger partial charge >= 0.3 is 0 Å². The number of rotatable bonds is 6. The van der Waals surface area contributed by atoms with Crippen molar-refractivity contribution in [2.24, 2.45) is 0 Å². The lowest BCUT2D eigenvalue weighted by Crippen LogP contribution is -2.11. The van der Waals surface area contributed by atoms with E-state index in [1.165, 1.54) is 5.56 Å². The maximum Gasteiger partial charge on any atom is 0.224 e. The standard InChI is InChI=1S/C18H20BrNO2/c1-13-12-15(8-11-17(13)19)20-18(21)5-3-4-14-6-9-16(22-2)10-7-14/h6-12H,3-5H2,1-2H3,(H,20,21). The van der Waals surface area contributed by atoms with Crippen molar-refractivity contribution >= 4 is 27.5 Å². The molecule has 4 heteroatoms. The van der Waals surface area contributed by atoms with Gasteiger partial charge < -0.3 is 10.1 Å². The fraction of sp³-hybridized carbons (Fsp3) is 0.278. The van der Waals surface area contributed by atoms with Gasteiger partial charge in [0.1, 0.15) is 5.75 Å². The van der Waals surface area contributed by atoms with Crippen molar-refractivity contribution in [3.63, 3.8) is 0 Å². The van der Waals surface area contributed by atoms with Gasteiger partial charge in [-0.2, -0.15) is 0 Å². The van der Waals surface area contributed by atoms with Gasteiger partial charge in [-0.05, 0) is 61.2 Å². The minimum atomic E-state index is 0.0511. The first-order chi connectivity index (χ1) is 10.6. The highest BCUT2D eigenvalue weighted by Gasteiger charge is 2.04. The van der Waals surface area contributed by atoms with E-state index in [0.29, 0.717) is 6.42 Å². The van der Waals surface area contributed by atoms with E-state index in [1.54, 1.807) is 7.11 Å². The van der Waals surface area contributed by atoms with Crippen LogP contribution in [-0.2, 0) is 11.2 Å². The van der Waals surface area contributed by atoms with E-state index in [0.717, 1.165) is 34.3 Å². The minimum Gasteiger partial charge on any atom is -0.497 e. The molecule has 0 radical (unpaired) electrons. The first kappa shape index (κ1) is 16.6. The molecule has 0 saturated heterocycles. The SMILES string of the molecule is COc1ccc(CCCC(=O)Nc2ccc(Br)c(C)c2)cc1. The molecule has 0 aliphatic heterocycles. The fourth-order valence-corrected chi connectivity index (χ4v) is 2.44. The summed E-state index contributed by atoms with van der Waals surface area (Å²) in [4.78, 5) is 12.0. The Balaban J connectivity index is 1.78. The Morgan fingerprint density at radius 2 is 1.91 bits per heavy atom. The third kappa shape index (κ3) is 4.88. The summed E-state index contributed by atoms with van der Waals surface area (Å²) in [6, 6.07) is 13.8. The zero-order valence-electron chi connectivity index (χ0n) is 12.9. The molecule has 22 heavy (non-hydrogen) atoms. The molecule has 0 saturated carbocycles. The summed E-state index contributed by atoms with van der Waals surface area (Å²) in [7, 11) is 1.66.